The van der Waals surface area contributed by atoms with Crippen molar-refractivity contribution >= 4 is 17.6 Å². The fourth-order valence-electron chi connectivity index (χ4n) is 1.64. The number of nitrogens with zero attached hydrogens (tertiary/aromatic N) is 2. The Balaban J connectivity index is 2.19. The summed E-state index contributed by atoms with van der Waals surface area (Å²) in [6.45, 7) is 6.27. The van der Waals surface area contributed by atoms with Crippen LogP contribution in [-0.4, -0.2) is 9.97 Å². The summed E-state index contributed by atoms with van der Waals surface area (Å²) >= 11 is 1.69. The van der Waals surface area contributed by atoms with Gasteiger partial charge in [-0.05, 0) is 5.56 Å². The molecule has 5 heteroatoms. The van der Waals surface area contributed by atoms with Crippen LogP contribution in [0, 0.1) is 0 Å². The Labute approximate surface area is 124 Å². The third kappa shape index (κ3) is 3.95. The molecule has 2 rings (SSSR count). The number of hydrazine groups is 1. The minimum absolute atomic E-state index is 0.102. The summed E-state index contributed by atoms with van der Waals surface area (Å²) in [5.41, 5.74) is 3.79. The summed E-state index contributed by atoms with van der Waals surface area (Å²) in [4.78, 5) is 9.04. The fraction of sp³-hybridized carbons (Fsp3) is 0.333. The molecule has 106 valence electrons. The zero-order chi connectivity index (χ0) is 14.6. The molecule has 4 nitrogen and oxygen atoms in total. The molecule has 20 heavy (non-hydrogen) atoms. The summed E-state index contributed by atoms with van der Waals surface area (Å²) in [5, 5.41) is 0.932. The molecule has 0 aliphatic rings. The molecule has 0 aliphatic heterocycles. The van der Waals surface area contributed by atoms with E-state index in [-0.39, 0.29) is 5.41 Å². The highest BCUT2D eigenvalue weighted by Gasteiger charge is 2.19. The van der Waals surface area contributed by atoms with Gasteiger partial charge in [0.1, 0.15) is 16.7 Å². The quantitative estimate of drug-likeness (QED) is 0.391. The number of nitrogens with two attached hydrogens (primary N) is 1. The van der Waals surface area contributed by atoms with Crippen molar-refractivity contribution in [3.8, 4) is 0 Å². The number of rotatable bonds is 4. The number of hydrogen-bond acceptors (Lipinski definition) is 5. The number of thioether (sulfide) groups is 1. The topological polar surface area (TPSA) is 63.8 Å². The van der Waals surface area contributed by atoms with Crippen LogP contribution in [0.3, 0.4) is 0 Å². The molecule has 0 bridgehead atoms. The Morgan fingerprint density at radius 1 is 1.15 bits per heavy atom. The Hall–Kier alpha value is -1.59. The number of aromatic nitrogens is 2. The van der Waals surface area contributed by atoms with Gasteiger partial charge >= 0.3 is 0 Å². The van der Waals surface area contributed by atoms with Gasteiger partial charge in [-0.15, -0.1) is 11.8 Å². The van der Waals surface area contributed by atoms with Crippen molar-refractivity contribution in [1.82, 2.24) is 9.97 Å². The van der Waals surface area contributed by atoms with Crippen molar-refractivity contribution in [2.75, 3.05) is 5.43 Å². The average molecular weight is 288 g/mol. The lowest BCUT2D eigenvalue weighted by molar-refractivity contribution is 0.539. The maximum Gasteiger partial charge on any atom is 0.144 e. The minimum Gasteiger partial charge on any atom is -0.308 e. The highest BCUT2D eigenvalue weighted by Crippen LogP contribution is 2.26. The van der Waals surface area contributed by atoms with Crippen LogP contribution in [0.25, 0.3) is 0 Å². The number of hydrogen-bond donors (Lipinski definition) is 2. The molecule has 0 fully saturated rings. The van der Waals surface area contributed by atoms with Crippen molar-refractivity contribution in [3.63, 3.8) is 0 Å². The Bertz CT molecular complexity index is 564. The first-order valence-electron chi connectivity index (χ1n) is 6.52. The van der Waals surface area contributed by atoms with Gasteiger partial charge in [-0.2, -0.15) is 0 Å². The van der Waals surface area contributed by atoms with Crippen LogP contribution in [0.4, 0.5) is 5.82 Å². The van der Waals surface area contributed by atoms with Crippen molar-refractivity contribution in [3.05, 3.63) is 47.8 Å². The Morgan fingerprint density at radius 3 is 2.45 bits per heavy atom. The predicted molar refractivity (Wildman–Crippen MR) is 84.5 cm³/mol. The maximum absolute atomic E-state index is 5.49. The highest BCUT2D eigenvalue weighted by atomic mass is 32.2. The molecule has 0 saturated heterocycles. The summed E-state index contributed by atoms with van der Waals surface area (Å²) < 4.78 is 0. The number of nitrogens with one attached hydrogen (secondary N) is 1. The molecule has 1 aromatic carbocycles. The van der Waals surface area contributed by atoms with Gasteiger partial charge in [0, 0.05) is 17.2 Å². The normalized spacial score (nSPS) is 11.4. The smallest absolute Gasteiger partial charge is 0.144 e. The monoisotopic (exact) mass is 288 g/mol. The van der Waals surface area contributed by atoms with E-state index in [0.717, 1.165) is 16.6 Å². The van der Waals surface area contributed by atoms with Crippen molar-refractivity contribution in [2.24, 2.45) is 5.84 Å². The molecule has 0 unspecified atom stereocenters. The molecular weight excluding hydrogens is 268 g/mol. The van der Waals surface area contributed by atoms with Crippen LogP contribution in [-0.2, 0) is 11.2 Å². The molecule has 1 aromatic heterocycles. The van der Waals surface area contributed by atoms with E-state index in [2.05, 4.69) is 48.3 Å². The largest absolute Gasteiger partial charge is 0.308 e. The SMILES string of the molecule is CC(C)(C)c1nc(NN)cc(SCc2ccccc2)n1. The summed E-state index contributed by atoms with van der Waals surface area (Å²) in [6, 6.07) is 12.2. The zero-order valence-electron chi connectivity index (χ0n) is 12.1. The second kappa shape index (κ2) is 6.24. The lowest BCUT2D eigenvalue weighted by Crippen LogP contribution is -2.19. The van der Waals surface area contributed by atoms with Gasteiger partial charge in [0.05, 0.1) is 0 Å². The molecule has 1 heterocycles. The van der Waals surface area contributed by atoms with Crippen molar-refractivity contribution < 1.29 is 0 Å². The molecule has 0 amide bonds. The van der Waals surface area contributed by atoms with E-state index in [1.54, 1.807) is 11.8 Å². The van der Waals surface area contributed by atoms with E-state index in [9.17, 15) is 0 Å². The first-order valence-corrected chi connectivity index (χ1v) is 7.50. The van der Waals surface area contributed by atoms with Crippen LogP contribution in [0.1, 0.15) is 32.2 Å². The van der Waals surface area contributed by atoms with E-state index in [1.165, 1.54) is 5.56 Å². The summed E-state index contributed by atoms with van der Waals surface area (Å²) in [5.74, 6) is 7.82. The van der Waals surface area contributed by atoms with Crippen LogP contribution in [0.15, 0.2) is 41.4 Å². The van der Waals surface area contributed by atoms with Crippen LogP contribution < -0.4 is 11.3 Å². The van der Waals surface area contributed by atoms with E-state index in [1.807, 2.05) is 24.3 Å². The lowest BCUT2D eigenvalue weighted by Gasteiger charge is -2.18. The van der Waals surface area contributed by atoms with Gasteiger partial charge in [0.15, 0.2) is 0 Å². The lowest BCUT2D eigenvalue weighted by atomic mass is 9.96. The first-order chi connectivity index (χ1) is 9.49. The molecule has 2 aromatic rings. The van der Waals surface area contributed by atoms with Gasteiger partial charge in [-0.3, -0.25) is 0 Å². The van der Waals surface area contributed by atoms with Gasteiger partial charge in [-0.25, -0.2) is 15.8 Å². The number of nitrogen functional groups attached to an aromatic ring is 1. The number of benzene rings is 1. The van der Waals surface area contributed by atoms with Crippen molar-refractivity contribution in [2.45, 2.75) is 37.0 Å². The van der Waals surface area contributed by atoms with Crippen LogP contribution in [0.5, 0.6) is 0 Å². The first kappa shape index (κ1) is 14.8. The van der Waals surface area contributed by atoms with Gasteiger partial charge in [0.25, 0.3) is 0 Å². The minimum atomic E-state index is -0.102. The standard InChI is InChI=1S/C15H20N4S/c1-15(2,3)14-17-12(19-16)9-13(18-14)20-10-11-7-5-4-6-8-11/h4-9H,10,16H2,1-3H3,(H,17,18,19). The molecule has 3 N–H and O–H groups in total. The Morgan fingerprint density at radius 2 is 1.85 bits per heavy atom. The summed E-state index contributed by atoms with van der Waals surface area (Å²) in [6.07, 6.45) is 0. The molecule has 0 spiro atoms. The van der Waals surface area contributed by atoms with E-state index in [0.29, 0.717) is 5.82 Å². The molecule has 0 saturated carbocycles. The second-order valence-electron chi connectivity index (χ2n) is 5.58. The van der Waals surface area contributed by atoms with Crippen LogP contribution >= 0.6 is 11.8 Å². The predicted octanol–water partition coefficient (Wildman–Crippen LogP) is 3.35. The van der Waals surface area contributed by atoms with Gasteiger partial charge in [0.2, 0.25) is 0 Å². The van der Waals surface area contributed by atoms with E-state index in [4.69, 9.17) is 5.84 Å². The highest BCUT2D eigenvalue weighted by molar-refractivity contribution is 7.98. The van der Waals surface area contributed by atoms with Gasteiger partial charge < -0.3 is 5.43 Å². The van der Waals surface area contributed by atoms with E-state index >= 15 is 0 Å². The van der Waals surface area contributed by atoms with Crippen molar-refractivity contribution in [1.29, 1.82) is 0 Å². The molecular formula is C15H20N4S. The fourth-order valence-corrected chi connectivity index (χ4v) is 2.49. The Kier molecular flexibility index (Phi) is 4.62. The maximum atomic E-state index is 5.49. The van der Waals surface area contributed by atoms with Gasteiger partial charge in [-0.1, -0.05) is 51.1 Å². The molecule has 0 radical (unpaired) electrons. The molecule has 0 atom stereocenters. The van der Waals surface area contributed by atoms with Crippen LogP contribution in [0.2, 0.25) is 0 Å². The summed E-state index contributed by atoms with van der Waals surface area (Å²) in [7, 11) is 0. The third-order valence-corrected chi connectivity index (χ3v) is 3.73. The third-order valence-electron chi connectivity index (χ3n) is 2.75. The average Bonchev–Trinajstić information content (AvgIpc) is 2.45. The van der Waals surface area contributed by atoms with E-state index < -0.39 is 0 Å². The molecule has 0 aliphatic carbocycles. The zero-order valence-corrected chi connectivity index (χ0v) is 12.9. The second-order valence-corrected chi connectivity index (χ2v) is 6.58. The number of anilines is 1.